The zero-order chi connectivity index (χ0) is 28.7. The molecule has 41 heavy (non-hydrogen) atoms. The summed E-state index contributed by atoms with van der Waals surface area (Å²) in [5.74, 6) is 2.06. The van der Waals surface area contributed by atoms with Crippen LogP contribution in [0.4, 0.5) is 20.5 Å². The lowest BCUT2D eigenvalue weighted by atomic mass is 9.96. The number of fused-ring (bicyclic) bond motifs is 2. The lowest BCUT2D eigenvalue weighted by Crippen LogP contribution is -2.45. The van der Waals surface area contributed by atoms with Crippen LogP contribution in [0.25, 0.3) is 32.9 Å². The Morgan fingerprint density at radius 3 is 2.68 bits per heavy atom. The van der Waals surface area contributed by atoms with Crippen LogP contribution in [0.1, 0.15) is 24.8 Å². The van der Waals surface area contributed by atoms with E-state index in [-0.39, 0.29) is 28.1 Å². The molecule has 6 rings (SSSR count). The summed E-state index contributed by atoms with van der Waals surface area (Å²) in [6.45, 7) is 4.82. The number of aromatic nitrogens is 3. The largest absolute Gasteiger partial charge is 0.508 e. The van der Waals surface area contributed by atoms with Crippen LogP contribution in [0.3, 0.4) is 0 Å². The summed E-state index contributed by atoms with van der Waals surface area (Å²) in [7, 11) is 4.03. The van der Waals surface area contributed by atoms with Crippen molar-refractivity contribution in [2.75, 3.05) is 63.2 Å². The van der Waals surface area contributed by atoms with Gasteiger partial charge < -0.3 is 25.1 Å². The van der Waals surface area contributed by atoms with E-state index in [1.165, 1.54) is 30.7 Å². The number of nitrogens with one attached hydrogen (secondary N) is 1. The first kappa shape index (κ1) is 27.1. The predicted molar refractivity (Wildman–Crippen MR) is 158 cm³/mol. The average molecular weight is 558 g/mol. The Morgan fingerprint density at radius 2 is 1.95 bits per heavy atom. The van der Waals surface area contributed by atoms with Crippen molar-refractivity contribution >= 4 is 33.4 Å². The highest BCUT2D eigenvalue weighted by Gasteiger charge is 2.26. The summed E-state index contributed by atoms with van der Waals surface area (Å²) in [4.78, 5) is 20.5. The van der Waals surface area contributed by atoms with E-state index in [0.717, 1.165) is 45.6 Å². The van der Waals surface area contributed by atoms with Crippen LogP contribution in [0.15, 0.2) is 30.5 Å². The number of piperidine rings is 1. The monoisotopic (exact) mass is 557 g/mol. The third kappa shape index (κ3) is 5.11. The molecule has 212 valence electrons. The molecule has 10 heteroatoms. The lowest BCUT2D eigenvalue weighted by molar-refractivity contribution is 0.311. The van der Waals surface area contributed by atoms with E-state index in [1.54, 1.807) is 6.20 Å². The normalized spacial score (nSPS) is 18.1. The number of pyridine rings is 1. The fourth-order valence-corrected chi connectivity index (χ4v) is 5.91. The number of terminal acetylenes is 1. The van der Waals surface area contributed by atoms with Gasteiger partial charge in [0.15, 0.2) is 5.82 Å². The minimum atomic E-state index is -0.676. The van der Waals surface area contributed by atoms with E-state index in [0.29, 0.717) is 40.5 Å². The van der Waals surface area contributed by atoms with E-state index in [2.05, 4.69) is 33.1 Å². The van der Waals surface area contributed by atoms with Crippen LogP contribution in [0.5, 0.6) is 5.75 Å². The highest BCUT2D eigenvalue weighted by Crippen LogP contribution is 2.38. The number of piperazine rings is 1. The zero-order valence-corrected chi connectivity index (χ0v) is 23.3. The topological polar surface area (TPSA) is 80.7 Å². The number of phenols is 1. The lowest BCUT2D eigenvalue weighted by Gasteiger charge is -2.33. The molecule has 4 aromatic rings. The van der Waals surface area contributed by atoms with Crippen molar-refractivity contribution in [2.45, 2.75) is 25.3 Å². The molecule has 0 saturated carbocycles. The number of aromatic hydroxyl groups is 1. The molecular formula is C31H33F2N7O. The number of hydrogen-bond donors (Lipinski definition) is 2. The number of halogens is 2. The van der Waals surface area contributed by atoms with Crippen molar-refractivity contribution in [3.05, 3.63) is 47.7 Å². The van der Waals surface area contributed by atoms with E-state index in [9.17, 15) is 9.50 Å². The minimum absolute atomic E-state index is 0.0139. The second-order valence-corrected chi connectivity index (χ2v) is 11.0. The molecule has 2 saturated heterocycles. The third-order valence-electron chi connectivity index (χ3n) is 8.16. The maximum absolute atomic E-state index is 16.6. The fraction of sp³-hybridized carbons (Fsp3) is 0.387. The van der Waals surface area contributed by atoms with Gasteiger partial charge in [0.25, 0.3) is 0 Å². The Bertz CT molecular complexity index is 1660. The van der Waals surface area contributed by atoms with E-state index >= 15 is 4.39 Å². The Hall–Kier alpha value is -4.07. The number of anilines is 2. The molecule has 2 aromatic heterocycles. The van der Waals surface area contributed by atoms with Gasteiger partial charge in [-0.25, -0.2) is 13.8 Å². The third-order valence-corrected chi connectivity index (χ3v) is 8.16. The van der Waals surface area contributed by atoms with Crippen LogP contribution < -0.4 is 15.1 Å². The van der Waals surface area contributed by atoms with E-state index in [4.69, 9.17) is 16.4 Å². The maximum Gasteiger partial charge on any atom is 0.228 e. The summed E-state index contributed by atoms with van der Waals surface area (Å²) >= 11 is 0. The predicted octanol–water partition coefficient (Wildman–Crippen LogP) is 4.14. The first-order valence-corrected chi connectivity index (χ1v) is 14.0. The van der Waals surface area contributed by atoms with Crippen molar-refractivity contribution < 1.29 is 13.9 Å². The first-order chi connectivity index (χ1) is 19.8. The van der Waals surface area contributed by atoms with Gasteiger partial charge in [-0.2, -0.15) is 4.98 Å². The van der Waals surface area contributed by atoms with Crippen molar-refractivity contribution in [3.63, 3.8) is 0 Å². The summed E-state index contributed by atoms with van der Waals surface area (Å²) in [5, 5.41) is 15.3. The van der Waals surface area contributed by atoms with Crippen molar-refractivity contribution in [3.8, 4) is 29.4 Å². The molecule has 0 bridgehead atoms. The molecule has 0 radical (unpaired) electrons. The number of benzene rings is 2. The van der Waals surface area contributed by atoms with Crippen molar-refractivity contribution in [1.29, 1.82) is 0 Å². The molecule has 2 aromatic carbocycles. The van der Waals surface area contributed by atoms with Crippen LogP contribution in [-0.4, -0.2) is 84.4 Å². The number of likely N-dealkylation sites (N-methyl/N-ethyl adjacent to an activating group) is 2. The quantitative estimate of drug-likeness (QED) is 0.355. The standard InChI is InChI=1S/C31H33F2N7O/c1-4-22-25(32)9-8-19-15-21(41)16-23(26(19)22)28-27(33)29-24(17-35-28)30(39(3)18-20-7-5-6-10-34-20)37-31(36-29)40-13-11-38(2)12-14-40/h1,8-9,15-17,20,34,41H,5-7,10-14,18H2,2-3H3/t20-/m1/s1. The van der Waals surface area contributed by atoms with Crippen LogP contribution in [0.2, 0.25) is 0 Å². The van der Waals surface area contributed by atoms with Gasteiger partial charge in [0.05, 0.1) is 10.9 Å². The molecule has 0 unspecified atom stereocenters. The van der Waals surface area contributed by atoms with Gasteiger partial charge in [-0.1, -0.05) is 18.4 Å². The Labute approximate surface area is 238 Å². The van der Waals surface area contributed by atoms with Gasteiger partial charge in [0, 0.05) is 63.0 Å². The number of nitrogens with zero attached hydrogens (tertiary/aromatic N) is 6. The number of rotatable bonds is 5. The summed E-state index contributed by atoms with van der Waals surface area (Å²) in [5.41, 5.74) is 0.242. The van der Waals surface area contributed by atoms with Crippen molar-refractivity contribution in [2.24, 2.45) is 0 Å². The van der Waals surface area contributed by atoms with Crippen LogP contribution >= 0.6 is 0 Å². The Balaban J connectivity index is 1.54. The molecule has 2 aliphatic heterocycles. The van der Waals surface area contributed by atoms with E-state index < -0.39 is 11.6 Å². The molecule has 8 nitrogen and oxygen atoms in total. The Morgan fingerprint density at radius 1 is 1.15 bits per heavy atom. The zero-order valence-electron chi connectivity index (χ0n) is 23.3. The van der Waals surface area contributed by atoms with Gasteiger partial charge in [0.1, 0.15) is 28.6 Å². The summed E-state index contributed by atoms with van der Waals surface area (Å²) < 4.78 is 31.4. The van der Waals surface area contributed by atoms with Crippen LogP contribution in [0, 0.1) is 24.0 Å². The first-order valence-electron chi connectivity index (χ1n) is 14.0. The molecule has 1 atom stereocenters. The van der Waals surface area contributed by atoms with Gasteiger partial charge in [-0.3, -0.25) is 4.98 Å². The van der Waals surface area contributed by atoms with E-state index in [1.807, 2.05) is 11.9 Å². The maximum atomic E-state index is 16.6. The second-order valence-electron chi connectivity index (χ2n) is 11.0. The molecule has 2 N–H and O–H groups in total. The number of hydrogen-bond acceptors (Lipinski definition) is 8. The SMILES string of the molecule is C#Cc1c(F)ccc2cc(O)cc(-c3ncc4c(N(C)C[C@H]5CCCCN5)nc(N5CCN(C)CC5)nc4c3F)c12. The molecule has 0 spiro atoms. The average Bonchev–Trinajstić information content (AvgIpc) is 2.97. The second kappa shape index (κ2) is 11.1. The van der Waals surface area contributed by atoms with Gasteiger partial charge in [-0.05, 0) is 50.0 Å². The molecule has 2 aliphatic rings. The highest BCUT2D eigenvalue weighted by molar-refractivity contribution is 6.03. The van der Waals surface area contributed by atoms with Gasteiger partial charge in [0.2, 0.25) is 5.95 Å². The molecule has 0 amide bonds. The van der Waals surface area contributed by atoms with Crippen molar-refractivity contribution in [1.82, 2.24) is 25.2 Å². The smallest absolute Gasteiger partial charge is 0.228 e. The Kier molecular flexibility index (Phi) is 7.32. The summed E-state index contributed by atoms with van der Waals surface area (Å²) in [6, 6.07) is 5.89. The highest BCUT2D eigenvalue weighted by atomic mass is 19.1. The fourth-order valence-electron chi connectivity index (χ4n) is 5.91. The molecular weight excluding hydrogens is 524 g/mol. The molecule has 4 heterocycles. The van der Waals surface area contributed by atoms with Gasteiger partial charge >= 0.3 is 0 Å². The van der Waals surface area contributed by atoms with Gasteiger partial charge in [-0.15, -0.1) is 6.42 Å². The summed E-state index contributed by atoms with van der Waals surface area (Å²) in [6.07, 6.45) is 10.6. The molecule has 2 fully saturated rings. The minimum Gasteiger partial charge on any atom is -0.508 e. The number of phenolic OH excluding ortho intramolecular Hbond substituents is 1. The van der Waals surface area contributed by atoms with Crippen LogP contribution in [-0.2, 0) is 0 Å². The molecule has 0 aliphatic carbocycles.